The molecule has 1 atom stereocenters. The summed E-state index contributed by atoms with van der Waals surface area (Å²) < 4.78 is 42.1. The van der Waals surface area contributed by atoms with Crippen LogP contribution in [-0.2, 0) is 11.3 Å². The maximum atomic E-state index is 12.4. The lowest BCUT2D eigenvalue weighted by Crippen LogP contribution is -2.28. The van der Waals surface area contributed by atoms with Gasteiger partial charge in [0.25, 0.3) is 0 Å². The fourth-order valence-electron chi connectivity index (χ4n) is 1.42. The van der Waals surface area contributed by atoms with Crippen molar-refractivity contribution in [1.29, 1.82) is 5.26 Å². The van der Waals surface area contributed by atoms with Crippen LogP contribution in [0.2, 0.25) is 0 Å². The number of anilines is 1. The molecule has 3 nitrogen and oxygen atoms in total. The van der Waals surface area contributed by atoms with Gasteiger partial charge in [-0.1, -0.05) is 18.2 Å². The average Bonchev–Trinajstić information content (AvgIpc) is 2.30. The van der Waals surface area contributed by atoms with Crippen molar-refractivity contribution in [3.8, 4) is 6.07 Å². The van der Waals surface area contributed by atoms with E-state index in [0.29, 0.717) is 12.3 Å². The lowest BCUT2D eigenvalue weighted by molar-refractivity contribution is -0.155. The summed E-state index contributed by atoms with van der Waals surface area (Å²) in [6.07, 6.45) is -4.52. The molecule has 0 heterocycles. The Morgan fingerprint density at radius 3 is 2.61 bits per heavy atom. The number of nitrogens with one attached hydrogen (secondary N) is 1. The van der Waals surface area contributed by atoms with Gasteiger partial charge in [0.05, 0.1) is 12.7 Å². The zero-order chi connectivity index (χ0) is 13.6. The summed E-state index contributed by atoms with van der Waals surface area (Å²) >= 11 is 0. The number of ether oxygens (including phenoxy) is 1. The molecule has 18 heavy (non-hydrogen) atoms. The quantitative estimate of drug-likeness (QED) is 0.883. The Kier molecular flexibility index (Phi) is 4.98. The van der Waals surface area contributed by atoms with Crippen LogP contribution < -0.4 is 5.32 Å². The van der Waals surface area contributed by atoms with E-state index in [1.165, 1.54) is 13.2 Å². The number of para-hydroxylation sites is 1. The third kappa shape index (κ3) is 3.93. The second-order valence-electron chi connectivity index (χ2n) is 3.69. The van der Waals surface area contributed by atoms with Gasteiger partial charge in [-0.15, -0.1) is 0 Å². The predicted molar refractivity (Wildman–Crippen MR) is 60.8 cm³/mol. The Balaban J connectivity index is 2.71. The average molecular weight is 258 g/mol. The van der Waals surface area contributed by atoms with Crippen LogP contribution in [0.25, 0.3) is 0 Å². The van der Waals surface area contributed by atoms with Crippen molar-refractivity contribution < 1.29 is 17.9 Å². The van der Waals surface area contributed by atoms with Gasteiger partial charge >= 0.3 is 6.18 Å². The van der Waals surface area contributed by atoms with Crippen LogP contribution in [0.3, 0.4) is 0 Å². The second-order valence-corrected chi connectivity index (χ2v) is 3.69. The number of methoxy groups -OCH3 is 1. The first-order valence-electron chi connectivity index (χ1n) is 5.26. The molecule has 1 N–H and O–H groups in total. The predicted octanol–water partition coefficient (Wildman–Crippen LogP) is 2.95. The zero-order valence-electron chi connectivity index (χ0n) is 9.79. The van der Waals surface area contributed by atoms with Crippen LogP contribution in [-0.4, -0.2) is 19.8 Å². The first kappa shape index (κ1) is 14.3. The minimum Gasteiger partial charge on any atom is -0.383 e. The van der Waals surface area contributed by atoms with E-state index in [1.807, 2.05) is 0 Å². The molecule has 0 fully saturated rings. The van der Waals surface area contributed by atoms with Gasteiger partial charge in [-0.3, -0.25) is 0 Å². The van der Waals surface area contributed by atoms with Gasteiger partial charge in [0.2, 0.25) is 0 Å². The standard InChI is InChI=1S/C12H13F3N2O/c1-18-8-9-4-2-3-5-11(9)17-7-10(6-16)12(13,14)15/h2-5,10,17H,7-8H2,1H3. The van der Waals surface area contributed by atoms with Crippen LogP contribution >= 0.6 is 0 Å². The molecule has 0 saturated carbocycles. The molecular weight excluding hydrogens is 245 g/mol. The second kappa shape index (κ2) is 6.26. The molecule has 0 bridgehead atoms. The van der Waals surface area contributed by atoms with E-state index in [-0.39, 0.29) is 0 Å². The smallest absolute Gasteiger partial charge is 0.383 e. The van der Waals surface area contributed by atoms with Crippen molar-refractivity contribution in [2.24, 2.45) is 5.92 Å². The summed E-state index contributed by atoms with van der Waals surface area (Å²) in [5, 5.41) is 11.1. The summed E-state index contributed by atoms with van der Waals surface area (Å²) in [5.74, 6) is -2.02. The summed E-state index contributed by atoms with van der Waals surface area (Å²) in [7, 11) is 1.50. The lowest BCUT2D eigenvalue weighted by Gasteiger charge is -2.16. The van der Waals surface area contributed by atoms with Gasteiger partial charge < -0.3 is 10.1 Å². The monoisotopic (exact) mass is 258 g/mol. The van der Waals surface area contributed by atoms with E-state index >= 15 is 0 Å². The number of hydrogen-bond donors (Lipinski definition) is 1. The van der Waals surface area contributed by atoms with Crippen LogP contribution in [0.1, 0.15) is 5.56 Å². The Morgan fingerprint density at radius 1 is 1.39 bits per heavy atom. The first-order chi connectivity index (χ1) is 8.49. The minimum atomic E-state index is -4.52. The van der Waals surface area contributed by atoms with Crippen LogP contribution in [0, 0.1) is 17.2 Å². The van der Waals surface area contributed by atoms with Gasteiger partial charge in [0.15, 0.2) is 5.92 Å². The van der Waals surface area contributed by atoms with Crippen LogP contribution in [0.15, 0.2) is 24.3 Å². The fourth-order valence-corrected chi connectivity index (χ4v) is 1.42. The summed E-state index contributed by atoms with van der Waals surface area (Å²) in [6, 6.07) is 8.12. The SMILES string of the molecule is COCc1ccccc1NCC(C#N)C(F)(F)F. The number of alkyl halides is 3. The molecule has 98 valence electrons. The van der Waals surface area contributed by atoms with Crippen LogP contribution in [0.5, 0.6) is 0 Å². The molecule has 1 unspecified atom stereocenters. The Morgan fingerprint density at radius 2 is 2.06 bits per heavy atom. The van der Waals surface area contributed by atoms with Crippen molar-refractivity contribution in [2.45, 2.75) is 12.8 Å². The molecule has 0 saturated heterocycles. The van der Waals surface area contributed by atoms with E-state index in [9.17, 15) is 13.2 Å². The molecule has 0 aromatic heterocycles. The molecule has 0 aliphatic heterocycles. The normalized spacial score (nSPS) is 12.8. The maximum absolute atomic E-state index is 12.4. The van der Waals surface area contributed by atoms with E-state index < -0.39 is 18.6 Å². The molecule has 0 spiro atoms. The number of hydrogen-bond acceptors (Lipinski definition) is 3. The molecule has 0 amide bonds. The van der Waals surface area contributed by atoms with E-state index in [4.69, 9.17) is 10.00 Å². The van der Waals surface area contributed by atoms with E-state index in [0.717, 1.165) is 5.56 Å². The van der Waals surface area contributed by atoms with Crippen molar-refractivity contribution in [2.75, 3.05) is 19.0 Å². The third-order valence-corrected chi connectivity index (χ3v) is 2.36. The molecule has 0 aliphatic carbocycles. The number of rotatable bonds is 5. The molecule has 6 heteroatoms. The molecule has 0 aliphatic rings. The van der Waals surface area contributed by atoms with Crippen LogP contribution in [0.4, 0.5) is 18.9 Å². The molecule has 1 aromatic carbocycles. The van der Waals surface area contributed by atoms with Gasteiger partial charge in [-0.2, -0.15) is 18.4 Å². The highest BCUT2D eigenvalue weighted by atomic mass is 19.4. The van der Waals surface area contributed by atoms with Gasteiger partial charge in [0.1, 0.15) is 0 Å². The third-order valence-electron chi connectivity index (χ3n) is 2.36. The molecular formula is C12H13F3N2O. The molecule has 1 aromatic rings. The largest absolute Gasteiger partial charge is 0.406 e. The van der Waals surface area contributed by atoms with Gasteiger partial charge in [-0.25, -0.2) is 0 Å². The highest BCUT2D eigenvalue weighted by Crippen LogP contribution is 2.26. The fraction of sp³-hybridized carbons (Fsp3) is 0.417. The van der Waals surface area contributed by atoms with Crippen molar-refractivity contribution in [1.82, 2.24) is 0 Å². The highest BCUT2D eigenvalue weighted by molar-refractivity contribution is 5.50. The van der Waals surface area contributed by atoms with E-state index in [1.54, 1.807) is 24.3 Å². The van der Waals surface area contributed by atoms with E-state index in [2.05, 4.69) is 5.32 Å². The molecule has 0 radical (unpaired) electrons. The van der Waals surface area contributed by atoms with Gasteiger partial charge in [-0.05, 0) is 6.07 Å². The van der Waals surface area contributed by atoms with Gasteiger partial charge in [0, 0.05) is 24.9 Å². The van der Waals surface area contributed by atoms with Crippen molar-refractivity contribution >= 4 is 5.69 Å². The maximum Gasteiger partial charge on any atom is 0.406 e. The first-order valence-corrected chi connectivity index (χ1v) is 5.26. The number of halogens is 3. The lowest BCUT2D eigenvalue weighted by atomic mass is 10.1. The number of nitrogens with zero attached hydrogens (tertiary/aromatic N) is 1. The molecule has 1 rings (SSSR count). The zero-order valence-corrected chi connectivity index (χ0v) is 9.79. The Bertz CT molecular complexity index is 426. The summed E-state index contributed by atoms with van der Waals surface area (Å²) in [4.78, 5) is 0. The Hall–Kier alpha value is -1.74. The number of nitriles is 1. The van der Waals surface area contributed by atoms with Crippen molar-refractivity contribution in [3.63, 3.8) is 0 Å². The summed E-state index contributed by atoms with van der Waals surface area (Å²) in [5.41, 5.74) is 1.29. The Labute approximate surface area is 103 Å². The minimum absolute atomic E-state index is 0.298. The number of benzene rings is 1. The highest BCUT2D eigenvalue weighted by Gasteiger charge is 2.39. The summed E-state index contributed by atoms with van der Waals surface area (Å²) in [6.45, 7) is -0.173. The topological polar surface area (TPSA) is 45.0 Å². The van der Waals surface area contributed by atoms with Crippen molar-refractivity contribution in [3.05, 3.63) is 29.8 Å².